The van der Waals surface area contributed by atoms with Crippen LogP contribution in [0, 0.1) is 5.82 Å². The highest BCUT2D eigenvalue weighted by Crippen LogP contribution is 2.13. The molecule has 1 unspecified atom stereocenters. The molecule has 0 saturated carbocycles. The number of nitrogens with two attached hydrogens (primary N) is 1. The summed E-state index contributed by atoms with van der Waals surface area (Å²) in [6, 6.07) is 5.50. The Morgan fingerprint density at radius 2 is 2.05 bits per heavy atom. The first-order valence-electron chi connectivity index (χ1n) is 6.44. The minimum Gasteiger partial charge on any atom is -0.322 e. The lowest BCUT2D eigenvalue weighted by Crippen LogP contribution is -2.27. The van der Waals surface area contributed by atoms with Crippen molar-refractivity contribution >= 4 is 11.0 Å². The number of hydrogen-bond donors (Lipinski definition) is 1. The molecule has 2 aromatic heterocycles. The summed E-state index contributed by atoms with van der Waals surface area (Å²) >= 11 is 0. The van der Waals surface area contributed by atoms with E-state index in [0.717, 1.165) is 5.56 Å². The van der Waals surface area contributed by atoms with Gasteiger partial charge in [-0.1, -0.05) is 12.1 Å². The van der Waals surface area contributed by atoms with Crippen LogP contribution in [0.4, 0.5) is 4.39 Å². The minimum absolute atomic E-state index is 0.189. The molecule has 0 bridgehead atoms. The second-order valence-corrected chi connectivity index (χ2v) is 4.87. The van der Waals surface area contributed by atoms with E-state index in [2.05, 4.69) is 10.1 Å². The molecule has 1 aromatic carbocycles. The van der Waals surface area contributed by atoms with Crippen molar-refractivity contribution in [2.24, 2.45) is 12.8 Å². The molecule has 0 aliphatic rings. The SMILES string of the molecule is Cn1ncc2c(=O)n(CC(N)c3ccc(F)cc3)cnc21. The molecule has 0 fully saturated rings. The van der Waals surface area contributed by atoms with Crippen LogP contribution in [0.1, 0.15) is 11.6 Å². The Kier molecular flexibility index (Phi) is 3.26. The van der Waals surface area contributed by atoms with Crippen molar-refractivity contribution in [2.75, 3.05) is 0 Å². The van der Waals surface area contributed by atoms with E-state index in [0.29, 0.717) is 11.0 Å². The minimum atomic E-state index is -0.417. The zero-order valence-electron chi connectivity index (χ0n) is 11.4. The quantitative estimate of drug-likeness (QED) is 0.778. The van der Waals surface area contributed by atoms with E-state index >= 15 is 0 Å². The van der Waals surface area contributed by atoms with Gasteiger partial charge < -0.3 is 5.73 Å². The topological polar surface area (TPSA) is 78.7 Å². The Labute approximate surface area is 119 Å². The molecule has 0 aliphatic carbocycles. The van der Waals surface area contributed by atoms with Gasteiger partial charge in [-0.05, 0) is 17.7 Å². The van der Waals surface area contributed by atoms with Crippen molar-refractivity contribution < 1.29 is 4.39 Å². The smallest absolute Gasteiger partial charge is 0.264 e. The summed E-state index contributed by atoms with van der Waals surface area (Å²) in [6.07, 6.45) is 2.94. The third kappa shape index (κ3) is 2.43. The van der Waals surface area contributed by atoms with Crippen LogP contribution in [-0.2, 0) is 13.6 Å². The number of nitrogens with zero attached hydrogens (tertiary/aromatic N) is 4. The summed E-state index contributed by atoms with van der Waals surface area (Å²) < 4.78 is 15.9. The standard InChI is InChI=1S/C14H14FN5O/c1-19-13-11(6-18-19)14(21)20(8-17-13)7-12(16)9-2-4-10(15)5-3-9/h2-6,8,12H,7,16H2,1H3. The van der Waals surface area contributed by atoms with Crippen LogP contribution in [0.25, 0.3) is 11.0 Å². The molecule has 2 heterocycles. The first-order chi connectivity index (χ1) is 10.1. The summed E-state index contributed by atoms with van der Waals surface area (Å²) in [4.78, 5) is 16.5. The number of fused-ring (bicyclic) bond motifs is 1. The lowest BCUT2D eigenvalue weighted by molar-refractivity contribution is 0.555. The first kappa shape index (κ1) is 13.4. The van der Waals surface area contributed by atoms with Gasteiger partial charge in [0.05, 0.1) is 6.20 Å². The maximum absolute atomic E-state index is 12.9. The molecule has 0 radical (unpaired) electrons. The lowest BCUT2D eigenvalue weighted by atomic mass is 10.1. The maximum atomic E-state index is 12.9. The lowest BCUT2D eigenvalue weighted by Gasteiger charge is -2.13. The molecular weight excluding hydrogens is 273 g/mol. The van der Waals surface area contributed by atoms with Crippen LogP contribution < -0.4 is 11.3 Å². The fourth-order valence-corrected chi connectivity index (χ4v) is 2.22. The average molecular weight is 287 g/mol. The van der Waals surface area contributed by atoms with E-state index in [1.807, 2.05) is 0 Å². The normalized spacial score (nSPS) is 12.7. The van der Waals surface area contributed by atoms with Crippen molar-refractivity contribution in [3.63, 3.8) is 0 Å². The van der Waals surface area contributed by atoms with E-state index < -0.39 is 6.04 Å². The third-order valence-corrected chi connectivity index (χ3v) is 3.41. The summed E-state index contributed by atoms with van der Waals surface area (Å²) in [5.74, 6) is -0.318. The summed E-state index contributed by atoms with van der Waals surface area (Å²) in [5.41, 5.74) is 7.17. The van der Waals surface area contributed by atoms with Gasteiger partial charge in [-0.3, -0.25) is 14.0 Å². The summed E-state index contributed by atoms with van der Waals surface area (Å²) in [5, 5.41) is 4.46. The maximum Gasteiger partial charge on any atom is 0.264 e. The third-order valence-electron chi connectivity index (χ3n) is 3.41. The number of aromatic nitrogens is 4. The van der Waals surface area contributed by atoms with Crippen molar-refractivity contribution in [3.8, 4) is 0 Å². The first-order valence-corrected chi connectivity index (χ1v) is 6.44. The monoisotopic (exact) mass is 287 g/mol. The molecule has 1 atom stereocenters. The molecule has 0 spiro atoms. The Morgan fingerprint density at radius 3 is 2.76 bits per heavy atom. The van der Waals surface area contributed by atoms with Crippen molar-refractivity contribution in [3.05, 3.63) is 58.5 Å². The van der Waals surface area contributed by atoms with Crippen LogP contribution in [0.15, 0.2) is 41.6 Å². The van der Waals surface area contributed by atoms with E-state index in [-0.39, 0.29) is 17.9 Å². The highest BCUT2D eigenvalue weighted by molar-refractivity contribution is 5.72. The van der Waals surface area contributed by atoms with Gasteiger partial charge >= 0.3 is 0 Å². The highest BCUT2D eigenvalue weighted by atomic mass is 19.1. The van der Waals surface area contributed by atoms with Crippen molar-refractivity contribution in [1.29, 1.82) is 0 Å². The predicted octanol–water partition coefficient (Wildman–Crippen LogP) is 0.969. The fraction of sp³-hybridized carbons (Fsp3) is 0.214. The van der Waals surface area contributed by atoms with E-state index in [9.17, 15) is 9.18 Å². The van der Waals surface area contributed by atoms with E-state index in [4.69, 9.17) is 5.73 Å². The van der Waals surface area contributed by atoms with Crippen LogP contribution in [0.5, 0.6) is 0 Å². The Balaban J connectivity index is 1.92. The molecule has 0 amide bonds. The number of hydrogen-bond acceptors (Lipinski definition) is 4. The summed E-state index contributed by atoms with van der Waals surface area (Å²) in [7, 11) is 1.73. The van der Waals surface area contributed by atoms with Crippen LogP contribution >= 0.6 is 0 Å². The molecule has 7 heteroatoms. The van der Waals surface area contributed by atoms with Gasteiger partial charge in [0.2, 0.25) is 0 Å². The van der Waals surface area contributed by atoms with Gasteiger partial charge in [0.1, 0.15) is 17.5 Å². The van der Waals surface area contributed by atoms with Gasteiger partial charge in [-0.2, -0.15) is 5.10 Å². The molecular formula is C14H14FN5O. The average Bonchev–Trinajstić information content (AvgIpc) is 2.85. The highest BCUT2D eigenvalue weighted by Gasteiger charge is 2.12. The second-order valence-electron chi connectivity index (χ2n) is 4.87. The predicted molar refractivity (Wildman–Crippen MR) is 76.1 cm³/mol. The second kappa shape index (κ2) is 5.10. The van der Waals surface area contributed by atoms with Crippen LogP contribution in [-0.4, -0.2) is 19.3 Å². The number of benzene rings is 1. The van der Waals surface area contributed by atoms with E-state index in [1.165, 1.54) is 29.2 Å². The zero-order chi connectivity index (χ0) is 15.0. The molecule has 0 aliphatic heterocycles. The molecule has 21 heavy (non-hydrogen) atoms. The van der Waals surface area contributed by atoms with Gasteiger partial charge in [0, 0.05) is 19.6 Å². The number of rotatable bonds is 3. The van der Waals surface area contributed by atoms with E-state index in [1.54, 1.807) is 23.9 Å². The van der Waals surface area contributed by atoms with Crippen molar-refractivity contribution in [2.45, 2.75) is 12.6 Å². The molecule has 6 nitrogen and oxygen atoms in total. The Morgan fingerprint density at radius 1 is 1.33 bits per heavy atom. The Bertz CT molecular complexity index is 837. The molecule has 0 saturated heterocycles. The fourth-order valence-electron chi connectivity index (χ4n) is 2.22. The van der Waals surface area contributed by atoms with Gasteiger partial charge in [0.15, 0.2) is 5.65 Å². The number of halogens is 1. The summed E-state index contributed by atoms with van der Waals surface area (Å²) in [6.45, 7) is 0.266. The van der Waals surface area contributed by atoms with Gasteiger partial charge in [0.25, 0.3) is 5.56 Å². The molecule has 3 aromatic rings. The van der Waals surface area contributed by atoms with Crippen LogP contribution in [0.3, 0.4) is 0 Å². The van der Waals surface area contributed by atoms with Crippen molar-refractivity contribution in [1.82, 2.24) is 19.3 Å². The molecule has 2 N–H and O–H groups in total. The van der Waals surface area contributed by atoms with Gasteiger partial charge in [-0.15, -0.1) is 0 Å². The van der Waals surface area contributed by atoms with Gasteiger partial charge in [-0.25, -0.2) is 9.37 Å². The zero-order valence-corrected chi connectivity index (χ0v) is 11.4. The van der Waals surface area contributed by atoms with Crippen LogP contribution in [0.2, 0.25) is 0 Å². The largest absolute Gasteiger partial charge is 0.322 e. The Hall–Kier alpha value is -2.54. The molecule has 3 rings (SSSR count). The number of aryl methyl sites for hydroxylation is 1. The molecule has 108 valence electrons.